The van der Waals surface area contributed by atoms with Crippen LogP contribution in [-0.4, -0.2) is 31.2 Å². The molecule has 1 aromatic rings. The Morgan fingerprint density at radius 3 is 2.47 bits per heavy atom. The molecule has 0 bridgehead atoms. The molecule has 0 unspecified atom stereocenters. The molecule has 0 spiro atoms. The number of likely N-dealkylation sites (tertiary alicyclic amines) is 1. The topological polar surface area (TPSA) is 12.5 Å². The van der Waals surface area contributed by atoms with E-state index in [0.717, 1.165) is 38.0 Å². The Morgan fingerprint density at radius 2 is 1.94 bits per heavy atom. The van der Waals surface area contributed by atoms with Crippen molar-refractivity contribution >= 4 is 0 Å². The SMILES string of the molecule is C#Cc1ccc(CN2CCC(OC)CC2)cc1. The monoisotopic (exact) mass is 229 g/mol. The molecule has 1 heterocycles. The predicted molar refractivity (Wildman–Crippen MR) is 69.7 cm³/mol. The Balaban J connectivity index is 1.87. The lowest BCUT2D eigenvalue weighted by Crippen LogP contribution is -2.36. The first-order chi connectivity index (χ1) is 8.31. The van der Waals surface area contributed by atoms with E-state index >= 15 is 0 Å². The Bertz CT molecular complexity index is 382. The lowest BCUT2D eigenvalue weighted by molar-refractivity contribution is 0.0388. The molecule has 0 saturated carbocycles. The molecule has 0 aromatic heterocycles. The van der Waals surface area contributed by atoms with Crippen molar-refractivity contribution in [2.24, 2.45) is 0 Å². The van der Waals surface area contributed by atoms with Gasteiger partial charge in [-0.2, -0.15) is 0 Å². The number of methoxy groups -OCH3 is 1. The molecular formula is C15H19NO. The zero-order valence-corrected chi connectivity index (χ0v) is 10.4. The van der Waals surface area contributed by atoms with E-state index in [2.05, 4.69) is 23.0 Å². The van der Waals surface area contributed by atoms with E-state index in [9.17, 15) is 0 Å². The normalized spacial score (nSPS) is 17.9. The molecule has 1 saturated heterocycles. The molecule has 0 aliphatic carbocycles. The van der Waals surface area contributed by atoms with Gasteiger partial charge in [-0.25, -0.2) is 0 Å². The van der Waals surface area contributed by atoms with Crippen LogP contribution >= 0.6 is 0 Å². The summed E-state index contributed by atoms with van der Waals surface area (Å²) < 4.78 is 5.37. The van der Waals surface area contributed by atoms with E-state index in [1.165, 1.54) is 5.56 Å². The first kappa shape index (κ1) is 12.2. The van der Waals surface area contributed by atoms with Gasteiger partial charge in [-0.05, 0) is 30.5 Å². The summed E-state index contributed by atoms with van der Waals surface area (Å²) in [7, 11) is 1.80. The summed E-state index contributed by atoms with van der Waals surface area (Å²) in [6.45, 7) is 3.26. The molecule has 2 heteroatoms. The lowest BCUT2D eigenvalue weighted by atomic mass is 10.1. The van der Waals surface area contributed by atoms with Crippen molar-refractivity contribution in [3.63, 3.8) is 0 Å². The average Bonchev–Trinajstić information content (AvgIpc) is 2.40. The van der Waals surface area contributed by atoms with Crippen molar-refractivity contribution in [1.29, 1.82) is 0 Å². The van der Waals surface area contributed by atoms with E-state index < -0.39 is 0 Å². The molecule has 0 atom stereocenters. The second-order valence-corrected chi connectivity index (χ2v) is 4.55. The van der Waals surface area contributed by atoms with Gasteiger partial charge in [0.05, 0.1) is 6.10 Å². The van der Waals surface area contributed by atoms with Gasteiger partial charge in [0.1, 0.15) is 0 Å². The summed E-state index contributed by atoms with van der Waals surface area (Å²) in [6.07, 6.45) is 8.07. The number of nitrogens with zero attached hydrogens (tertiary/aromatic N) is 1. The Morgan fingerprint density at radius 1 is 1.29 bits per heavy atom. The van der Waals surface area contributed by atoms with Gasteiger partial charge in [0.25, 0.3) is 0 Å². The van der Waals surface area contributed by atoms with Crippen LogP contribution in [0.5, 0.6) is 0 Å². The molecule has 90 valence electrons. The van der Waals surface area contributed by atoms with Gasteiger partial charge >= 0.3 is 0 Å². The number of rotatable bonds is 3. The minimum atomic E-state index is 0.454. The fourth-order valence-electron chi connectivity index (χ4n) is 2.27. The van der Waals surface area contributed by atoms with E-state index in [1.54, 1.807) is 7.11 Å². The van der Waals surface area contributed by atoms with Crippen molar-refractivity contribution in [3.8, 4) is 12.3 Å². The highest BCUT2D eigenvalue weighted by Gasteiger charge is 2.18. The van der Waals surface area contributed by atoms with Crippen LogP contribution in [0.2, 0.25) is 0 Å². The van der Waals surface area contributed by atoms with Crippen LogP contribution in [0.4, 0.5) is 0 Å². The Kier molecular flexibility index (Phi) is 4.19. The minimum absolute atomic E-state index is 0.454. The minimum Gasteiger partial charge on any atom is -0.381 e. The fourth-order valence-corrected chi connectivity index (χ4v) is 2.27. The highest BCUT2D eigenvalue weighted by Crippen LogP contribution is 2.15. The van der Waals surface area contributed by atoms with Crippen LogP contribution in [0.25, 0.3) is 0 Å². The number of terminal acetylenes is 1. The smallest absolute Gasteiger partial charge is 0.0595 e. The largest absolute Gasteiger partial charge is 0.381 e. The number of piperidine rings is 1. The first-order valence-corrected chi connectivity index (χ1v) is 6.12. The summed E-state index contributed by atoms with van der Waals surface area (Å²) in [4.78, 5) is 2.47. The second kappa shape index (κ2) is 5.86. The molecule has 0 radical (unpaired) electrons. The van der Waals surface area contributed by atoms with Crippen LogP contribution < -0.4 is 0 Å². The van der Waals surface area contributed by atoms with Gasteiger partial charge in [0.15, 0.2) is 0 Å². The molecule has 1 fully saturated rings. The molecule has 1 aliphatic rings. The molecule has 2 rings (SSSR count). The molecule has 1 aliphatic heterocycles. The van der Waals surface area contributed by atoms with E-state index in [-0.39, 0.29) is 0 Å². The van der Waals surface area contributed by atoms with E-state index in [0.29, 0.717) is 6.10 Å². The Hall–Kier alpha value is -1.30. The average molecular weight is 229 g/mol. The molecule has 1 aromatic carbocycles. The zero-order chi connectivity index (χ0) is 12.1. The summed E-state index contributed by atoms with van der Waals surface area (Å²) in [5.41, 5.74) is 2.28. The van der Waals surface area contributed by atoms with Crippen molar-refractivity contribution in [3.05, 3.63) is 35.4 Å². The van der Waals surface area contributed by atoms with Crippen LogP contribution in [0, 0.1) is 12.3 Å². The van der Waals surface area contributed by atoms with Crippen molar-refractivity contribution < 1.29 is 4.74 Å². The predicted octanol–water partition coefficient (Wildman–Crippen LogP) is 2.28. The highest BCUT2D eigenvalue weighted by molar-refractivity contribution is 5.34. The van der Waals surface area contributed by atoms with Crippen molar-refractivity contribution in [2.75, 3.05) is 20.2 Å². The highest BCUT2D eigenvalue weighted by atomic mass is 16.5. The standard InChI is InChI=1S/C15H19NO/c1-3-13-4-6-14(7-5-13)12-16-10-8-15(17-2)9-11-16/h1,4-7,15H,8-12H2,2H3. The quantitative estimate of drug-likeness (QED) is 0.737. The van der Waals surface area contributed by atoms with E-state index in [4.69, 9.17) is 11.2 Å². The molecule has 0 amide bonds. The van der Waals surface area contributed by atoms with Gasteiger partial charge in [0, 0.05) is 32.3 Å². The second-order valence-electron chi connectivity index (χ2n) is 4.55. The maximum Gasteiger partial charge on any atom is 0.0595 e. The molecular weight excluding hydrogens is 210 g/mol. The van der Waals surface area contributed by atoms with Gasteiger partial charge in [-0.15, -0.1) is 6.42 Å². The van der Waals surface area contributed by atoms with Crippen LogP contribution in [-0.2, 0) is 11.3 Å². The van der Waals surface area contributed by atoms with E-state index in [1.807, 2.05) is 12.1 Å². The zero-order valence-electron chi connectivity index (χ0n) is 10.4. The summed E-state index contributed by atoms with van der Waals surface area (Å²) in [6, 6.07) is 8.27. The number of benzene rings is 1. The number of ether oxygens (including phenoxy) is 1. The maximum absolute atomic E-state index is 5.37. The maximum atomic E-state index is 5.37. The van der Waals surface area contributed by atoms with Crippen molar-refractivity contribution in [1.82, 2.24) is 4.90 Å². The van der Waals surface area contributed by atoms with Crippen molar-refractivity contribution in [2.45, 2.75) is 25.5 Å². The number of hydrogen-bond donors (Lipinski definition) is 0. The summed E-state index contributed by atoms with van der Waals surface area (Å²) in [5, 5.41) is 0. The van der Waals surface area contributed by atoms with Gasteiger partial charge in [-0.1, -0.05) is 18.1 Å². The summed E-state index contributed by atoms with van der Waals surface area (Å²) >= 11 is 0. The molecule has 0 N–H and O–H groups in total. The Labute approximate surface area is 104 Å². The fraction of sp³-hybridized carbons (Fsp3) is 0.467. The third kappa shape index (κ3) is 3.33. The van der Waals surface area contributed by atoms with Crippen LogP contribution in [0.1, 0.15) is 24.0 Å². The molecule has 2 nitrogen and oxygen atoms in total. The third-order valence-electron chi connectivity index (χ3n) is 3.39. The van der Waals surface area contributed by atoms with Crippen LogP contribution in [0.15, 0.2) is 24.3 Å². The number of hydrogen-bond acceptors (Lipinski definition) is 2. The van der Waals surface area contributed by atoms with Gasteiger partial charge in [-0.3, -0.25) is 4.90 Å². The third-order valence-corrected chi connectivity index (χ3v) is 3.39. The van der Waals surface area contributed by atoms with Gasteiger partial charge in [0.2, 0.25) is 0 Å². The van der Waals surface area contributed by atoms with Gasteiger partial charge < -0.3 is 4.74 Å². The first-order valence-electron chi connectivity index (χ1n) is 6.12. The lowest BCUT2D eigenvalue weighted by Gasteiger charge is -2.31. The summed E-state index contributed by atoms with van der Waals surface area (Å²) in [5.74, 6) is 2.64. The molecule has 17 heavy (non-hydrogen) atoms. The van der Waals surface area contributed by atoms with Crippen LogP contribution in [0.3, 0.4) is 0 Å².